The van der Waals surface area contributed by atoms with Crippen LogP contribution in [0.2, 0.25) is 0 Å². The Bertz CT molecular complexity index is 1660. The summed E-state index contributed by atoms with van der Waals surface area (Å²) in [6.45, 7) is 2.05. The highest BCUT2D eigenvalue weighted by molar-refractivity contribution is 6.50. The molecule has 2 aliphatic heterocycles. The minimum Gasteiger partial charge on any atom is -0.347 e. The van der Waals surface area contributed by atoms with Gasteiger partial charge in [0.05, 0.1) is 17.7 Å². The van der Waals surface area contributed by atoms with E-state index in [1.807, 2.05) is 42.5 Å². The maximum atomic E-state index is 14.3. The predicted molar refractivity (Wildman–Crippen MR) is 160 cm³/mol. The maximum Gasteiger partial charge on any atom is 0.262 e. The van der Waals surface area contributed by atoms with Crippen LogP contribution in [0.3, 0.4) is 0 Å². The first-order valence-electron chi connectivity index (χ1n) is 14.5. The zero-order valence-electron chi connectivity index (χ0n) is 22.7. The van der Waals surface area contributed by atoms with E-state index in [-0.39, 0.29) is 18.4 Å². The summed E-state index contributed by atoms with van der Waals surface area (Å²) in [7, 11) is 0. The zero-order valence-corrected chi connectivity index (χ0v) is 22.7. The highest BCUT2D eigenvalue weighted by Gasteiger charge is 2.41. The molecule has 0 aliphatic carbocycles. The molecule has 0 saturated carbocycles. The third kappa shape index (κ3) is 4.17. The molecule has 0 atom stereocenters. The van der Waals surface area contributed by atoms with Gasteiger partial charge in [0.25, 0.3) is 11.8 Å². The smallest absolute Gasteiger partial charge is 0.262 e. The molecule has 0 fully saturated rings. The third-order valence-corrected chi connectivity index (χ3v) is 8.52. The number of fused-ring (bicyclic) bond motifs is 12. The van der Waals surface area contributed by atoms with Crippen LogP contribution >= 0.6 is 0 Å². The maximum absolute atomic E-state index is 14.3. The minimum absolute atomic E-state index is 0.218. The zero-order chi connectivity index (χ0) is 27.1. The number of hydrogen-bond acceptors (Lipinski definition) is 2. The fourth-order valence-electron chi connectivity index (χ4n) is 6.52. The van der Waals surface area contributed by atoms with E-state index in [9.17, 15) is 9.59 Å². The molecule has 0 unspecified atom stereocenters. The Kier molecular flexibility index (Phi) is 6.35. The molecule has 4 bridgehead atoms. The molecule has 0 spiro atoms. The number of aromatic nitrogens is 2. The Hall–Kier alpha value is -4.38. The highest BCUT2D eigenvalue weighted by Crippen LogP contribution is 2.42. The number of aryl methyl sites for hydroxylation is 2. The number of hydrogen-bond donors (Lipinski definition) is 0. The molecule has 3 aromatic carbocycles. The van der Waals surface area contributed by atoms with Crippen LogP contribution in [0, 0.1) is 0 Å². The third-order valence-electron chi connectivity index (χ3n) is 8.52. The number of carbonyl (C=O) groups excluding carboxylic acids is 2. The van der Waals surface area contributed by atoms with Crippen molar-refractivity contribution in [3.63, 3.8) is 0 Å². The van der Waals surface area contributed by atoms with Gasteiger partial charge in [-0.2, -0.15) is 0 Å². The van der Waals surface area contributed by atoms with E-state index in [1.54, 1.807) is 0 Å². The summed E-state index contributed by atoms with van der Waals surface area (Å²) in [5.41, 5.74) is 5.90. The van der Waals surface area contributed by atoms with Crippen LogP contribution in [0.5, 0.6) is 0 Å². The van der Waals surface area contributed by atoms with Gasteiger partial charge in [0.1, 0.15) is 0 Å². The molecule has 5 nitrogen and oxygen atoms in total. The van der Waals surface area contributed by atoms with E-state index in [2.05, 4.69) is 57.9 Å². The first-order chi connectivity index (χ1) is 19.7. The average Bonchev–Trinajstić information content (AvgIpc) is 3.61. The number of nitrogens with zero attached hydrogens (tertiary/aromatic N) is 3. The molecule has 4 heterocycles. The Morgan fingerprint density at radius 3 is 1.50 bits per heavy atom. The van der Waals surface area contributed by atoms with E-state index in [0.29, 0.717) is 11.1 Å². The lowest BCUT2D eigenvalue weighted by atomic mass is 9.95. The van der Waals surface area contributed by atoms with Gasteiger partial charge < -0.3 is 9.13 Å². The van der Waals surface area contributed by atoms with Crippen molar-refractivity contribution in [3.8, 4) is 0 Å². The topological polar surface area (TPSA) is 47.2 Å². The largest absolute Gasteiger partial charge is 0.347 e. The Balaban J connectivity index is 1.48. The van der Waals surface area contributed by atoms with Crippen molar-refractivity contribution in [1.29, 1.82) is 0 Å². The summed E-state index contributed by atoms with van der Waals surface area (Å²) in [6.07, 6.45) is 11.3. The van der Waals surface area contributed by atoms with Crippen LogP contribution in [-0.4, -0.2) is 25.8 Å². The van der Waals surface area contributed by atoms with Crippen molar-refractivity contribution in [2.24, 2.45) is 0 Å². The van der Waals surface area contributed by atoms with Crippen molar-refractivity contribution >= 4 is 44.8 Å². The number of rotatable bonds is 2. The molecule has 0 saturated heterocycles. The molecule has 7 rings (SSSR count). The fraction of sp³-hybridized carbons (Fsp3) is 0.257. The van der Waals surface area contributed by atoms with E-state index in [1.165, 1.54) is 30.6 Å². The Morgan fingerprint density at radius 1 is 0.525 bits per heavy atom. The number of imide groups is 1. The second kappa shape index (κ2) is 10.3. The van der Waals surface area contributed by atoms with Crippen LogP contribution in [0.25, 0.3) is 33.0 Å². The summed E-state index contributed by atoms with van der Waals surface area (Å²) < 4.78 is 4.56. The van der Waals surface area contributed by atoms with Crippen molar-refractivity contribution in [2.75, 3.05) is 0 Å². The lowest BCUT2D eigenvalue weighted by Gasteiger charge is -2.15. The quantitative estimate of drug-likeness (QED) is 0.224. The summed E-state index contributed by atoms with van der Waals surface area (Å²) in [5.74, 6) is -0.436. The molecule has 0 radical (unpaired) electrons. The first kappa shape index (κ1) is 24.6. The predicted octanol–water partition coefficient (Wildman–Crippen LogP) is 7.43. The Labute approximate surface area is 234 Å². The van der Waals surface area contributed by atoms with Gasteiger partial charge in [-0.15, -0.1) is 0 Å². The van der Waals surface area contributed by atoms with Gasteiger partial charge in [0, 0.05) is 58.4 Å². The van der Waals surface area contributed by atoms with Crippen molar-refractivity contribution in [1.82, 2.24) is 14.0 Å². The minimum atomic E-state index is -0.218. The molecule has 2 aliphatic rings. The normalized spacial score (nSPS) is 16.8. The molecule has 2 amide bonds. The van der Waals surface area contributed by atoms with Gasteiger partial charge in [-0.3, -0.25) is 14.5 Å². The van der Waals surface area contributed by atoms with Gasteiger partial charge in [-0.25, -0.2) is 0 Å². The van der Waals surface area contributed by atoms with Crippen LogP contribution in [-0.2, 0) is 29.2 Å². The van der Waals surface area contributed by atoms with Gasteiger partial charge in [-0.1, -0.05) is 92.4 Å². The van der Waals surface area contributed by atoms with Gasteiger partial charge >= 0.3 is 0 Å². The van der Waals surface area contributed by atoms with Gasteiger partial charge in [0.15, 0.2) is 0 Å². The molecule has 2 aromatic heterocycles. The van der Waals surface area contributed by atoms with Gasteiger partial charge in [-0.05, 0) is 30.5 Å². The van der Waals surface area contributed by atoms with E-state index in [4.69, 9.17) is 0 Å². The molecular weight excluding hydrogens is 494 g/mol. The summed E-state index contributed by atoms with van der Waals surface area (Å²) in [6, 6.07) is 26.4. The van der Waals surface area contributed by atoms with E-state index in [0.717, 1.165) is 64.4 Å². The standard InChI is InChI=1S/C35H33N3O2/c39-34-32-28-23-36(30-18-10-8-16-26(28)30)20-12-3-1-2-4-13-21-37-24-29(27-17-9-11-19-31(27)37)33(32)35(40)38(34)22-25-14-6-5-7-15-25/h5-11,14-19,23-24H,1-4,12-13,20-22H2. The lowest BCUT2D eigenvalue weighted by Crippen LogP contribution is -2.30. The lowest BCUT2D eigenvalue weighted by molar-refractivity contribution is -0.136. The average molecular weight is 528 g/mol. The van der Waals surface area contributed by atoms with Crippen LogP contribution in [0.1, 0.15) is 55.2 Å². The van der Waals surface area contributed by atoms with Crippen molar-refractivity contribution in [2.45, 2.75) is 58.2 Å². The number of benzene rings is 3. The SMILES string of the molecule is O=C1C2=C(C(=O)N1Cc1ccccc1)c1cn(c3ccccc13)CCCCCCCCn1cc2c2ccccc21. The van der Waals surface area contributed by atoms with Crippen LogP contribution < -0.4 is 0 Å². The van der Waals surface area contributed by atoms with Gasteiger partial charge in [0.2, 0.25) is 0 Å². The molecule has 200 valence electrons. The summed E-state index contributed by atoms with van der Waals surface area (Å²) in [5, 5.41) is 2.04. The summed E-state index contributed by atoms with van der Waals surface area (Å²) >= 11 is 0. The molecule has 5 aromatic rings. The monoisotopic (exact) mass is 527 g/mol. The second-order valence-electron chi connectivity index (χ2n) is 11.1. The number of para-hydroxylation sites is 2. The summed E-state index contributed by atoms with van der Waals surface area (Å²) in [4.78, 5) is 30.1. The molecular formula is C35H33N3O2. The van der Waals surface area contributed by atoms with E-state index >= 15 is 0 Å². The Morgan fingerprint density at radius 2 is 0.975 bits per heavy atom. The van der Waals surface area contributed by atoms with Crippen LogP contribution in [0.15, 0.2) is 91.3 Å². The second-order valence-corrected chi connectivity index (χ2v) is 11.1. The van der Waals surface area contributed by atoms with E-state index < -0.39 is 0 Å². The van der Waals surface area contributed by atoms with Crippen molar-refractivity contribution < 1.29 is 9.59 Å². The number of amides is 2. The van der Waals surface area contributed by atoms with Crippen molar-refractivity contribution in [3.05, 3.63) is 108 Å². The number of carbonyl (C=O) groups is 2. The first-order valence-corrected chi connectivity index (χ1v) is 14.5. The fourth-order valence-corrected chi connectivity index (χ4v) is 6.52. The molecule has 0 N–H and O–H groups in total. The molecule has 40 heavy (non-hydrogen) atoms. The van der Waals surface area contributed by atoms with Crippen LogP contribution in [0.4, 0.5) is 0 Å². The molecule has 5 heteroatoms. The highest BCUT2D eigenvalue weighted by atomic mass is 16.2.